The predicted octanol–water partition coefficient (Wildman–Crippen LogP) is 4.57. The number of carbonyl (C=O) groups excluding carboxylic acids is 2. The van der Waals surface area contributed by atoms with Crippen LogP contribution < -0.4 is 5.32 Å². The van der Waals surface area contributed by atoms with Crippen LogP contribution >= 0.6 is 0 Å². The van der Waals surface area contributed by atoms with Gasteiger partial charge in [-0.3, -0.25) is 9.59 Å². The third-order valence-corrected chi connectivity index (χ3v) is 6.45. The zero-order chi connectivity index (χ0) is 20.8. The van der Waals surface area contributed by atoms with Crippen LogP contribution in [0.4, 0.5) is 0 Å². The zero-order valence-corrected chi connectivity index (χ0v) is 18.6. The third-order valence-electron chi connectivity index (χ3n) is 6.45. The van der Waals surface area contributed by atoms with Gasteiger partial charge in [0.25, 0.3) is 0 Å². The van der Waals surface area contributed by atoms with Crippen LogP contribution in [-0.4, -0.2) is 46.6 Å². The van der Waals surface area contributed by atoms with E-state index in [2.05, 4.69) is 26.1 Å². The van der Waals surface area contributed by atoms with Crippen LogP contribution in [0.15, 0.2) is 0 Å². The lowest BCUT2D eigenvalue weighted by molar-refractivity contribution is -0.132. The van der Waals surface area contributed by atoms with E-state index in [1.807, 2.05) is 4.90 Å². The summed E-state index contributed by atoms with van der Waals surface area (Å²) in [5.74, 6) is 0.411. The average molecular weight is 397 g/mol. The lowest BCUT2D eigenvalue weighted by atomic mass is 9.95. The van der Waals surface area contributed by atoms with Crippen molar-refractivity contribution in [3.8, 4) is 0 Å². The van der Waals surface area contributed by atoms with E-state index >= 15 is 0 Å². The maximum absolute atomic E-state index is 12.2. The van der Waals surface area contributed by atoms with Crippen LogP contribution in [0.25, 0.3) is 0 Å². The van der Waals surface area contributed by atoms with E-state index in [-0.39, 0.29) is 30.0 Å². The van der Waals surface area contributed by atoms with Gasteiger partial charge in [0.1, 0.15) is 0 Å². The van der Waals surface area contributed by atoms with Crippen LogP contribution in [-0.2, 0) is 9.59 Å². The van der Waals surface area contributed by atoms with E-state index in [9.17, 15) is 14.7 Å². The molecular formula is C23H44N2O3. The molecule has 1 atom stereocenters. The van der Waals surface area contributed by atoms with Gasteiger partial charge in [0, 0.05) is 24.9 Å². The number of nitrogens with one attached hydrogen (secondary N) is 1. The van der Waals surface area contributed by atoms with E-state index < -0.39 is 0 Å². The second kappa shape index (κ2) is 14.0. The fraction of sp³-hybridized carbons (Fsp3) is 0.913. The lowest BCUT2D eigenvalue weighted by Gasteiger charge is -2.28. The first-order valence-corrected chi connectivity index (χ1v) is 11.7. The Hall–Kier alpha value is -1.10. The van der Waals surface area contributed by atoms with Crippen molar-refractivity contribution >= 4 is 11.8 Å². The average Bonchev–Trinajstić information content (AvgIpc) is 3.18. The van der Waals surface area contributed by atoms with Gasteiger partial charge in [0.2, 0.25) is 11.8 Å². The van der Waals surface area contributed by atoms with Crippen LogP contribution in [0.3, 0.4) is 0 Å². The highest BCUT2D eigenvalue weighted by atomic mass is 16.3. The van der Waals surface area contributed by atoms with Gasteiger partial charge in [-0.1, -0.05) is 52.4 Å². The van der Waals surface area contributed by atoms with Gasteiger partial charge >= 0.3 is 0 Å². The molecule has 0 aromatic carbocycles. The Kier molecular flexibility index (Phi) is 12.4. The van der Waals surface area contributed by atoms with Crippen molar-refractivity contribution in [1.29, 1.82) is 0 Å². The molecule has 164 valence electrons. The molecule has 0 radical (unpaired) electrons. The van der Waals surface area contributed by atoms with Crippen LogP contribution in [0.1, 0.15) is 111 Å². The number of hydrogen-bond donors (Lipinski definition) is 2. The third kappa shape index (κ3) is 9.40. The van der Waals surface area contributed by atoms with Gasteiger partial charge in [-0.2, -0.15) is 0 Å². The summed E-state index contributed by atoms with van der Waals surface area (Å²) in [5.41, 5.74) is -0.0494. The monoisotopic (exact) mass is 396 g/mol. The molecule has 0 bridgehead atoms. The Labute approximate surface area is 172 Å². The molecular weight excluding hydrogens is 352 g/mol. The molecule has 1 heterocycles. The number of nitrogens with zero attached hydrogens (tertiary/aromatic N) is 1. The quantitative estimate of drug-likeness (QED) is 0.399. The Morgan fingerprint density at radius 1 is 0.964 bits per heavy atom. The van der Waals surface area contributed by atoms with Gasteiger partial charge in [-0.25, -0.2) is 0 Å². The summed E-state index contributed by atoms with van der Waals surface area (Å²) < 4.78 is 0. The molecule has 1 fully saturated rings. The van der Waals surface area contributed by atoms with Gasteiger partial charge < -0.3 is 15.3 Å². The molecule has 0 aliphatic carbocycles. The number of rotatable bonds is 15. The van der Waals surface area contributed by atoms with Crippen molar-refractivity contribution in [3.05, 3.63) is 0 Å². The summed E-state index contributed by atoms with van der Waals surface area (Å²) in [4.78, 5) is 26.1. The van der Waals surface area contributed by atoms with E-state index in [4.69, 9.17) is 0 Å². The topological polar surface area (TPSA) is 69.6 Å². The summed E-state index contributed by atoms with van der Waals surface area (Å²) in [5, 5.41) is 12.5. The van der Waals surface area contributed by atoms with Crippen molar-refractivity contribution < 1.29 is 14.7 Å². The summed E-state index contributed by atoms with van der Waals surface area (Å²) in [6.45, 7) is 7.28. The van der Waals surface area contributed by atoms with E-state index in [0.29, 0.717) is 12.8 Å². The van der Waals surface area contributed by atoms with Gasteiger partial charge in [0.05, 0.1) is 12.6 Å². The summed E-state index contributed by atoms with van der Waals surface area (Å²) >= 11 is 0. The smallest absolute Gasteiger partial charge is 0.222 e. The number of aliphatic hydroxyl groups is 1. The molecule has 5 nitrogen and oxygen atoms in total. The standard InChI is InChI=1S/C23H44N2O3/c1-4-23(3,5-2)24-21(27)16-12-10-8-6-7-9-11-13-17-22(28)25-18-14-15-20(25)19-26/h20,26H,4-19H2,1-3H3,(H,24,27). The first kappa shape index (κ1) is 24.9. The molecule has 2 amide bonds. The Morgan fingerprint density at radius 2 is 1.50 bits per heavy atom. The molecule has 1 saturated heterocycles. The number of unbranched alkanes of at least 4 members (excludes halogenated alkanes) is 7. The second-order valence-corrected chi connectivity index (χ2v) is 8.71. The van der Waals surface area contributed by atoms with Gasteiger partial charge in [-0.15, -0.1) is 0 Å². The number of aliphatic hydroxyl groups excluding tert-OH is 1. The van der Waals surface area contributed by atoms with Gasteiger partial charge in [-0.05, 0) is 45.4 Å². The number of carbonyl (C=O) groups is 2. The van der Waals surface area contributed by atoms with Crippen LogP contribution in [0, 0.1) is 0 Å². The van der Waals surface area contributed by atoms with E-state index in [0.717, 1.165) is 57.9 Å². The predicted molar refractivity (Wildman–Crippen MR) is 115 cm³/mol. The maximum atomic E-state index is 12.2. The van der Waals surface area contributed by atoms with Crippen LogP contribution in [0.2, 0.25) is 0 Å². The molecule has 28 heavy (non-hydrogen) atoms. The largest absolute Gasteiger partial charge is 0.394 e. The van der Waals surface area contributed by atoms with Crippen molar-refractivity contribution in [2.24, 2.45) is 0 Å². The fourth-order valence-electron chi connectivity index (χ4n) is 3.95. The van der Waals surface area contributed by atoms with Crippen molar-refractivity contribution in [1.82, 2.24) is 10.2 Å². The zero-order valence-electron chi connectivity index (χ0n) is 18.6. The van der Waals surface area contributed by atoms with Gasteiger partial charge in [0.15, 0.2) is 0 Å². The minimum Gasteiger partial charge on any atom is -0.394 e. The summed E-state index contributed by atoms with van der Waals surface area (Å²) in [6, 6.07) is 0.0623. The number of likely N-dealkylation sites (tertiary alicyclic amines) is 1. The second-order valence-electron chi connectivity index (χ2n) is 8.71. The van der Waals surface area contributed by atoms with Crippen molar-refractivity contribution in [2.75, 3.05) is 13.2 Å². The molecule has 0 spiro atoms. The molecule has 2 N–H and O–H groups in total. The highest BCUT2D eigenvalue weighted by Crippen LogP contribution is 2.19. The highest BCUT2D eigenvalue weighted by molar-refractivity contribution is 5.77. The molecule has 1 rings (SSSR count). The van der Waals surface area contributed by atoms with Crippen molar-refractivity contribution in [3.63, 3.8) is 0 Å². The Morgan fingerprint density at radius 3 is 2.04 bits per heavy atom. The summed E-state index contributed by atoms with van der Waals surface area (Å²) in [7, 11) is 0. The Bertz CT molecular complexity index is 449. The first-order chi connectivity index (χ1) is 13.5. The minimum absolute atomic E-state index is 0.0494. The number of hydrogen-bond acceptors (Lipinski definition) is 3. The van der Waals surface area contributed by atoms with Crippen molar-refractivity contribution in [2.45, 2.75) is 122 Å². The molecule has 1 unspecified atom stereocenters. The molecule has 1 aliphatic rings. The normalized spacial score (nSPS) is 17.1. The Balaban J connectivity index is 1.94. The maximum Gasteiger partial charge on any atom is 0.222 e. The minimum atomic E-state index is -0.0494. The fourth-order valence-corrected chi connectivity index (χ4v) is 3.95. The first-order valence-electron chi connectivity index (χ1n) is 11.7. The highest BCUT2D eigenvalue weighted by Gasteiger charge is 2.27. The molecule has 0 aromatic heterocycles. The van der Waals surface area contributed by atoms with Crippen LogP contribution in [0.5, 0.6) is 0 Å². The van der Waals surface area contributed by atoms with E-state index in [1.165, 1.54) is 25.7 Å². The SMILES string of the molecule is CCC(C)(CC)NC(=O)CCCCCCCCCCC(=O)N1CCCC1CO. The molecule has 0 aromatic rings. The summed E-state index contributed by atoms with van der Waals surface area (Å²) in [6.07, 6.45) is 14.2. The number of amides is 2. The van der Waals surface area contributed by atoms with E-state index in [1.54, 1.807) is 0 Å². The molecule has 0 saturated carbocycles. The molecule has 5 heteroatoms. The lowest BCUT2D eigenvalue weighted by Crippen LogP contribution is -2.44. The molecule has 1 aliphatic heterocycles.